The van der Waals surface area contributed by atoms with Crippen molar-refractivity contribution < 1.29 is 77.3 Å². The summed E-state index contributed by atoms with van der Waals surface area (Å²) in [5.41, 5.74) is 16.3. The molecule has 10 atom stereocenters. The quantitative estimate of drug-likeness (QED) is 0.0268. The van der Waals surface area contributed by atoms with E-state index in [9.17, 15) is 72.2 Å². The second-order valence-corrected chi connectivity index (χ2v) is 22.4. The molecule has 2 aliphatic heterocycles. The summed E-state index contributed by atoms with van der Waals surface area (Å²) >= 11 is 0. The molecule has 468 valence electrons. The van der Waals surface area contributed by atoms with E-state index < -0.39 is 187 Å². The average Bonchev–Trinajstić information content (AvgIpc) is 4.37. The Morgan fingerprint density at radius 2 is 1.00 bits per heavy atom. The molecule has 0 saturated carbocycles. The number of hydrogen-bond donors (Lipinski definition) is 14. The van der Waals surface area contributed by atoms with E-state index in [0.717, 1.165) is 0 Å². The molecule has 0 unspecified atom stereocenters. The Morgan fingerprint density at radius 1 is 0.518 bits per heavy atom. The highest BCUT2D eigenvalue weighted by molar-refractivity contribution is 5.99. The van der Waals surface area contributed by atoms with Gasteiger partial charge >= 0.3 is 11.9 Å². The lowest BCUT2D eigenvalue weighted by Gasteiger charge is -2.34. The standard InChI is InChI=1S/C53H90N14O16/c1-26(2)22-33(47(76)64-41(27(3)4)50(79)60-31(14-10-11-19-54)45(74)59-32(17-18-37(56)68)46(75)62-34(53(82)83)23-40(71)72)61-48(77)35-15-12-20-66(35)52(81)43(29(7)8)65-49(78)36-16-13-21-67(36)51(80)42(28(5)6)63-39(70)25-57-44(73)30(9)58-38(69)24-55/h26-36,41-43H,10-25,54-55H2,1-9H3,(H2,56,68)(H,57,73)(H,58,69)(H,59,74)(H,60,79)(H,61,77)(H,62,75)(H,63,70)(H,64,76)(H,65,78)(H,71,72)(H,82,83)/t30-,31-,32-,33-,34-,35-,36-,41-,42-,43-/m0/s1. The van der Waals surface area contributed by atoms with Crippen LogP contribution in [0.4, 0.5) is 0 Å². The summed E-state index contributed by atoms with van der Waals surface area (Å²) in [6.07, 6.45) is 0.107. The summed E-state index contributed by atoms with van der Waals surface area (Å²) in [5, 5.41) is 41.4. The molecular weight excluding hydrogens is 1090 g/mol. The Balaban J connectivity index is 2.29. The molecule has 30 heteroatoms. The maximum Gasteiger partial charge on any atom is 0.326 e. The molecule has 2 rings (SSSR count). The first kappa shape index (κ1) is 71.6. The van der Waals surface area contributed by atoms with Crippen molar-refractivity contribution in [3.05, 3.63) is 0 Å². The number of aliphatic carboxylic acids is 2. The van der Waals surface area contributed by atoms with Crippen molar-refractivity contribution in [3.63, 3.8) is 0 Å². The van der Waals surface area contributed by atoms with E-state index in [2.05, 4.69) is 42.5 Å². The maximum atomic E-state index is 14.5. The van der Waals surface area contributed by atoms with E-state index in [-0.39, 0.29) is 64.2 Å². The molecule has 17 N–H and O–H groups in total. The monoisotopic (exact) mass is 1180 g/mol. The number of amides is 12. The van der Waals surface area contributed by atoms with Crippen LogP contribution in [-0.2, 0) is 67.1 Å². The van der Waals surface area contributed by atoms with Crippen LogP contribution in [0.25, 0.3) is 0 Å². The van der Waals surface area contributed by atoms with Crippen LogP contribution < -0.4 is 65.1 Å². The highest BCUT2D eigenvalue weighted by atomic mass is 16.4. The van der Waals surface area contributed by atoms with E-state index >= 15 is 0 Å². The minimum Gasteiger partial charge on any atom is -0.481 e. The third-order valence-electron chi connectivity index (χ3n) is 14.0. The summed E-state index contributed by atoms with van der Waals surface area (Å²) in [6, 6.07) is -12.8. The number of rotatable bonds is 35. The van der Waals surface area contributed by atoms with Gasteiger partial charge in [0, 0.05) is 19.5 Å². The Bertz CT molecular complexity index is 2330. The second kappa shape index (κ2) is 34.8. The van der Waals surface area contributed by atoms with Crippen molar-refractivity contribution >= 4 is 82.8 Å². The molecule has 0 aromatic heterocycles. The number of carboxylic acids is 2. The molecule has 0 radical (unpaired) electrons. The fourth-order valence-electron chi connectivity index (χ4n) is 9.41. The summed E-state index contributed by atoms with van der Waals surface area (Å²) < 4.78 is 0. The molecule has 2 fully saturated rings. The molecule has 2 heterocycles. The van der Waals surface area contributed by atoms with Gasteiger partial charge < -0.3 is 85.1 Å². The van der Waals surface area contributed by atoms with E-state index in [1.54, 1.807) is 55.4 Å². The number of nitrogens with one attached hydrogen (secondary N) is 9. The number of carboxylic acid groups (broad SMARTS) is 2. The third-order valence-corrected chi connectivity index (χ3v) is 14.0. The van der Waals surface area contributed by atoms with Crippen LogP contribution in [0.2, 0.25) is 0 Å². The first-order chi connectivity index (χ1) is 38.8. The number of unbranched alkanes of at least 4 members (excludes halogenated alkanes) is 1. The average molecular weight is 1180 g/mol. The minimum absolute atomic E-state index is 0.0386. The molecule has 12 amide bonds. The lowest BCUT2D eigenvalue weighted by molar-refractivity contribution is -0.147. The summed E-state index contributed by atoms with van der Waals surface area (Å²) in [4.78, 5) is 187. The molecule has 0 aliphatic carbocycles. The molecular formula is C53H90N14O16. The number of primary amides is 1. The van der Waals surface area contributed by atoms with Crippen LogP contribution in [-0.4, -0.2) is 196 Å². The Morgan fingerprint density at radius 3 is 1.47 bits per heavy atom. The van der Waals surface area contributed by atoms with Crippen molar-refractivity contribution in [1.29, 1.82) is 0 Å². The number of carbonyl (C=O) groups is 14. The largest absolute Gasteiger partial charge is 0.481 e. The number of nitrogens with zero attached hydrogens (tertiary/aromatic N) is 2. The third kappa shape index (κ3) is 23.4. The maximum absolute atomic E-state index is 14.5. The summed E-state index contributed by atoms with van der Waals surface area (Å²) in [6.45, 7) is 14.7. The Hall–Kier alpha value is -7.50. The van der Waals surface area contributed by atoms with Gasteiger partial charge in [-0.3, -0.25) is 62.3 Å². The molecule has 0 aromatic carbocycles. The molecule has 0 aromatic rings. The number of nitrogens with two attached hydrogens (primary N) is 3. The van der Waals surface area contributed by atoms with Crippen LogP contribution in [0.15, 0.2) is 0 Å². The van der Waals surface area contributed by atoms with E-state index in [4.69, 9.17) is 22.3 Å². The topological polar surface area (TPSA) is 472 Å². The van der Waals surface area contributed by atoms with Gasteiger partial charge in [0.15, 0.2) is 0 Å². The molecule has 0 spiro atoms. The molecule has 2 saturated heterocycles. The van der Waals surface area contributed by atoms with Gasteiger partial charge in [0.25, 0.3) is 0 Å². The van der Waals surface area contributed by atoms with E-state index in [1.165, 1.54) is 16.7 Å². The summed E-state index contributed by atoms with van der Waals surface area (Å²) in [7, 11) is 0. The molecule has 30 nitrogen and oxygen atoms in total. The zero-order valence-corrected chi connectivity index (χ0v) is 49.1. The van der Waals surface area contributed by atoms with Crippen LogP contribution >= 0.6 is 0 Å². The number of likely N-dealkylation sites (tertiary alicyclic amines) is 2. The lowest BCUT2D eigenvalue weighted by atomic mass is 9.98. The van der Waals surface area contributed by atoms with Crippen LogP contribution in [0.1, 0.15) is 133 Å². The second-order valence-electron chi connectivity index (χ2n) is 22.4. The molecule has 2 aliphatic rings. The van der Waals surface area contributed by atoms with Gasteiger partial charge in [0.1, 0.15) is 60.4 Å². The van der Waals surface area contributed by atoms with Crippen molar-refractivity contribution in [2.45, 2.75) is 193 Å². The number of carbonyl (C=O) groups excluding carboxylic acids is 12. The van der Waals surface area contributed by atoms with Gasteiger partial charge in [0.2, 0.25) is 70.9 Å². The normalized spacial score (nSPS) is 17.9. The van der Waals surface area contributed by atoms with Gasteiger partial charge in [-0.25, -0.2) is 4.79 Å². The highest BCUT2D eigenvalue weighted by Crippen LogP contribution is 2.24. The predicted molar refractivity (Wildman–Crippen MR) is 298 cm³/mol. The van der Waals surface area contributed by atoms with E-state index in [1.807, 2.05) is 5.32 Å². The SMILES string of the molecule is CC(C)C[C@H](NC(=O)[C@@H]1CCCN1C(=O)[C@@H](NC(=O)[C@@H]1CCCN1C(=O)[C@@H](NC(=O)CNC(=O)[C@H](C)NC(=O)CN)C(C)C)C(C)C)C(=O)N[C@H](C(=O)N[C@@H](CCCCN)C(=O)N[C@@H](CCC(N)=O)C(=O)N[C@@H](CC(=O)O)C(=O)O)C(C)C. The van der Waals surface area contributed by atoms with Gasteiger partial charge in [-0.05, 0) is 94.9 Å². The van der Waals surface area contributed by atoms with Gasteiger partial charge in [-0.1, -0.05) is 55.4 Å². The van der Waals surface area contributed by atoms with Gasteiger partial charge in [-0.15, -0.1) is 0 Å². The van der Waals surface area contributed by atoms with Gasteiger partial charge in [-0.2, -0.15) is 0 Å². The Labute approximate surface area is 483 Å². The summed E-state index contributed by atoms with van der Waals surface area (Å²) in [5.74, 6) is -14.0. The minimum atomic E-state index is -1.90. The van der Waals surface area contributed by atoms with Gasteiger partial charge in [0.05, 0.1) is 19.5 Å². The molecule has 83 heavy (non-hydrogen) atoms. The van der Waals surface area contributed by atoms with Crippen LogP contribution in [0.5, 0.6) is 0 Å². The van der Waals surface area contributed by atoms with E-state index in [0.29, 0.717) is 19.3 Å². The Kier molecular flexibility index (Phi) is 30.0. The zero-order chi connectivity index (χ0) is 63.0. The van der Waals surface area contributed by atoms with Crippen molar-refractivity contribution in [1.82, 2.24) is 57.7 Å². The first-order valence-electron chi connectivity index (χ1n) is 28.3. The van der Waals surface area contributed by atoms with Crippen molar-refractivity contribution in [3.8, 4) is 0 Å². The fraction of sp³-hybridized carbons (Fsp3) is 0.736. The fourth-order valence-corrected chi connectivity index (χ4v) is 9.41. The zero-order valence-electron chi connectivity index (χ0n) is 49.1. The van der Waals surface area contributed by atoms with Crippen LogP contribution in [0.3, 0.4) is 0 Å². The number of hydrogen-bond acceptors (Lipinski definition) is 16. The first-order valence-corrected chi connectivity index (χ1v) is 28.3. The molecule has 0 bridgehead atoms. The smallest absolute Gasteiger partial charge is 0.326 e. The highest BCUT2D eigenvalue weighted by Gasteiger charge is 2.44. The van der Waals surface area contributed by atoms with Crippen LogP contribution in [0, 0.1) is 23.7 Å². The lowest BCUT2D eigenvalue weighted by Crippen LogP contribution is -2.61. The van der Waals surface area contributed by atoms with Crippen molar-refractivity contribution in [2.75, 3.05) is 32.7 Å². The predicted octanol–water partition coefficient (Wildman–Crippen LogP) is -4.09. The van der Waals surface area contributed by atoms with Crippen molar-refractivity contribution in [2.24, 2.45) is 40.9 Å².